The van der Waals surface area contributed by atoms with E-state index in [1.54, 1.807) is 0 Å². The molecule has 0 aliphatic rings. The number of esters is 1. The minimum absolute atomic E-state index is 0.0707. The molecular formula is C9H8BrF2NO3. The molecule has 0 saturated carbocycles. The Morgan fingerprint density at radius 3 is 2.56 bits per heavy atom. The number of carbonyl (C=O) groups excluding carboxylic acids is 1. The van der Waals surface area contributed by atoms with Gasteiger partial charge in [0.15, 0.2) is 0 Å². The van der Waals surface area contributed by atoms with Crippen LogP contribution in [0.15, 0.2) is 10.7 Å². The zero-order chi connectivity index (χ0) is 12.3. The van der Waals surface area contributed by atoms with Gasteiger partial charge in [-0.05, 0) is 22.0 Å². The van der Waals surface area contributed by atoms with Crippen LogP contribution in [0.3, 0.4) is 0 Å². The summed E-state index contributed by atoms with van der Waals surface area (Å²) in [7, 11) is 2.37. The molecule has 88 valence electrons. The SMILES string of the molecule is COC(=O)c1cc(C(F)F)c(OC)nc1Br. The van der Waals surface area contributed by atoms with Gasteiger partial charge < -0.3 is 9.47 Å². The van der Waals surface area contributed by atoms with Gasteiger partial charge in [-0.25, -0.2) is 18.6 Å². The van der Waals surface area contributed by atoms with Gasteiger partial charge in [-0.3, -0.25) is 0 Å². The summed E-state index contributed by atoms with van der Waals surface area (Å²) in [5.74, 6) is -0.974. The molecule has 0 spiro atoms. The van der Waals surface area contributed by atoms with Gasteiger partial charge >= 0.3 is 5.97 Å². The van der Waals surface area contributed by atoms with E-state index in [2.05, 4.69) is 30.4 Å². The third kappa shape index (κ3) is 2.46. The van der Waals surface area contributed by atoms with Crippen molar-refractivity contribution in [1.29, 1.82) is 0 Å². The Balaban J connectivity index is 3.33. The molecule has 7 heteroatoms. The molecule has 16 heavy (non-hydrogen) atoms. The lowest BCUT2D eigenvalue weighted by molar-refractivity contribution is 0.0598. The van der Waals surface area contributed by atoms with Gasteiger partial charge in [-0.2, -0.15) is 0 Å². The number of nitrogens with zero attached hydrogens (tertiary/aromatic N) is 1. The number of methoxy groups -OCH3 is 2. The first-order valence-electron chi connectivity index (χ1n) is 4.12. The number of rotatable bonds is 3. The fourth-order valence-corrected chi connectivity index (χ4v) is 1.50. The van der Waals surface area contributed by atoms with E-state index in [1.807, 2.05) is 0 Å². The topological polar surface area (TPSA) is 48.4 Å². The second-order valence-electron chi connectivity index (χ2n) is 2.72. The molecule has 0 N–H and O–H groups in total. The maximum absolute atomic E-state index is 12.6. The molecule has 0 aromatic carbocycles. The highest BCUT2D eigenvalue weighted by atomic mass is 79.9. The molecule has 0 atom stereocenters. The van der Waals surface area contributed by atoms with E-state index in [-0.39, 0.29) is 16.0 Å². The largest absolute Gasteiger partial charge is 0.481 e. The molecule has 1 heterocycles. The van der Waals surface area contributed by atoms with Crippen molar-refractivity contribution in [2.24, 2.45) is 0 Å². The molecule has 0 unspecified atom stereocenters. The lowest BCUT2D eigenvalue weighted by Crippen LogP contribution is -2.07. The predicted octanol–water partition coefficient (Wildman–Crippen LogP) is 2.58. The normalized spacial score (nSPS) is 10.4. The smallest absolute Gasteiger partial charge is 0.340 e. The van der Waals surface area contributed by atoms with Crippen molar-refractivity contribution in [2.45, 2.75) is 6.43 Å². The zero-order valence-corrected chi connectivity index (χ0v) is 10.0. The van der Waals surface area contributed by atoms with Crippen LogP contribution in [-0.4, -0.2) is 25.2 Å². The summed E-state index contributed by atoms with van der Waals surface area (Å²) in [5.41, 5.74) is -0.523. The van der Waals surface area contributed by atoms with Crippen LogP contribution in [0.5, 0.6) is 5.88 Å². The number of halogens is 3. The van der Waals surface area contributed by atoms with Crippen molar-refractivity contribution >= 4 is 21.9 Å². The summed E-state index contributed by atoms with van der Waals surface area (Å²) in [5, 5.41) is 0. The van der Waals surface area contributed by atoms with Crippen LogP contribution in [0.1, 0.15) is 22.3 Å². The molecular weight excluding hydrogens is 288 g/mol. The Labute approximate surface area is 98.7 Å². The summed E-state index contributed by atoms with van der Waals surface area (Å²) in [6, 6.07) is 0.992. The summed E-state index contributed by atoms with van der Waals surface area (Å²) >= 11 is 2.98. The highest BCUT2D eigenvalue weighted by Crippen LogP contribution is 2.31. The van der Waals surface area contributed by atoms with Crippen LogP contribution >= 0.6 is 15.9 Å². The van der Waals surface area contributed by atoms with Gasteiger partial charge in [0.1, 0.15) is 4.60 Å². The van der Waals surface area contributed by atoms with E-state index in [0.717, 1.165) is 13.2 Å². The molecule has 4 nitrogen and oxygen atoms in total. The highest BCUT2D eigenvalue weighted by Gasteiger charge is 2.21. The zero-order valence-electron chi connectivity index (χ0n) is 8.46. The molecule has 1 aromatic rings. The second kappa shape index (κ2) is 5.20. The van der Waals surface area contributed by atoms with Gasteiger partial charge in [-0.1, -0.05) is 0 Å². The summed E-state index contributed by atoms with van der Waals surface area (Å²) in [4.78, 5) is 14.9. The first-order valence-corrected chi connectivity index (χ1v) is 4.91. The van der Waals surface area contributed by atoms with Crippen molar-refractivity contribution in [3.05, 3.63) is 21.8 Å². The minimum Gasteiger partial charge on any atom is -0.481 e. The summed E-state index contributed by atoms with van der Waals surface area (Å²) in [6.45, 7) is 0. The Kier molecular flexibility index (Phi) is 4.17. The number of aromatic nitrogens is 1. The maximum Gasteiger partial charge on any atom is 0.340 e. The standard InChI is InChI=1S/C9H8BrF2NO3/c1-15-8-5(7(11)12)3-4(6(10)13-8)9(14)16-2/h3,7H,1-2H3. The van der Waals surface area contributed by atoms with Gasteiger partial charge in [0.2, 0.25) is 5.88 Å². The van der Waals surface area contributed by atoms with Crippen molar-refractivity contribution in [3.8, 4) is 5.88 Å². The predicted molar refractivity (Wildman–Crippen MR) is 54.8 cm³/mol. The average molecular weight is 296 g/mol. The fourth-order valence-electron chi connectivity index (χ4n) is 1.06. The highest BCUT2D eigenvalue weighted by molar-refractivity contribution is 9.10. The minimum atomic E-state index is -2.78. The molecule has 1 aromatic heterocycles. The quantitative estimate of drug-likeness (QED) is 0.635. The van der Waals surface area contributed by atoms with Crippen molar-refractivity contribution < 1.29 is 23.0 Å². The molecule has 0 bridgehead atoms. The van der Waals surface area contributed by atoms with E-state index < -0.39 is 18.0 Å². The second-order valence-corrected chi connectivity index (χ2v) is 3.47. The molecule has 0 aliphatic heterocycles. The fraction of sp³-hybridized carbons (Fsp3) is 0.333. The lowest BCUT2D eigenvalue weighted by atomic mass is 10.2. The van der Waals surface area contributed by atoms with Gasteiger partial charge in [-0.15, -0.1) is 0 Å². The number of ether oxygens (including phenoxy) is 2. The van der Waals surface area contributed by atoms with Crippen molar-refractivity contribution in [3.63, 3.8) is 0 Å². The Hall–Kier alpha value is -1.24. The Morgan fingerprint density at radius 1 is 1.50 bits per heavy atom. The van der Waals surface area contributed by atoms with Gasteiger partial charge in [0, 0.05) is 0 Å². The van der Waals surface area contributed by atoms with Crippen LogP contribution in [0.4, 0.5) is 8.78 Å². The molecule has 1 rings (SSSR count). The van der Waals surface area contributed by atoms with Crippen LogP contribution in [-0.2, 0) is 4.74 Å². The Bertz CT molecular complexity index is 412. The van der Waals surface area contributed by atoms with Crippen LogP contribution in [0, 0.1) is 0 Å². The third-order valence-electron chi connectivity index (χ3n) is 1.80. The number of hydrogen-bond donors (Lipinski definition) is 0. The van der Waals surface area contributed by atoms with Gasteiger partial charge in [0.05, 0.1) is 25.3 Å². The monoisotopic (exact) mass is 295 g/mol. The number of alkyl halides is 2. The van der Waals surface area contributed by atoms with E-state index in [0.29, 0.717) is 0 Å². The van der Waals surface area contributed by atoms with E-state index >= 15 is 0 Å². The summed E-state index contributed by atoms with van der Waals surface area (Å²) in [6.07, 6.45) is -2.78. The van der Waals surface area contributed by atoms with Crippen LogP contribution in [0.2, 0.25) is 0 Å². The van der Waals surface area contributed by atoms with E-state index in [1.165, 1.54) is 7.11 Å². The first-order chi connectivity index (χ1) is 7.51. The van der Waals surface area contributed by atoms with Crippen LogP contribution in [0.25, 0.3) is 0 Å². The molecule has 0 fully saturated rings. The van der Waals surface area contributed by atoms with E-state index in [4.69, 9.17) is 0 Å². The Morgan fingerprint density at radius 2 is 2.12 bits per heavy atom. The van der Waals surface area contributed by atoms with Crippen molar-refractivity contribution in [1.82, 2.24) is 4.98 Å². The van der Waals surface area contributed by atoms with E-state index in [9.17, 15) is 13.6 Å². The molecule has 0 aliphatic carbocycles. The van der Waals surface area contributed by atoms with Gasteiger partial charge in [0.25, 0.3) is 6.43 Å². The molecule has 0 amide bonds. The summed E-state index contributed by atoms with van der Waals surface area (Å²) < 4.78 is 34.4. The van der Waals surface area contributed by atoms with Crippen LogP contribution < -0.4 is 4.74 Å². The maximum atomic E-state index is 12.6. The first kappa shape index (κ1) is 12.8. The lowest BCUT2D eigenvalue weighted by Gasteiger charge is -2.09. The third-order valence-corrected chi connectivity index (χ3v) is 2.41. The number of pyridine rings is 1. The number of hydrogen-bond acceptors (Lipinski definition) is 4. The van der Waals surface area contributed by atoms with Crippen molar-refractivity contribution in [2.75, 3.05) is 14.2 Å². The number of carbonyl (C=O) groups is 1. The molecule has 0 saturated heterocycles. The molecule has 0 radical (unpaired) electrons. The average Bonchev–Trinajstić information content (AvgIpc) is 2.27.